The summed E-state index contributed by atoms with van der Waals surface area (Å²) in [5, 5.41) is 14.4. The van der Waals surface area contributed by atoms with Crippen LogP contribution in [0.25, 0.3) is 21.3 Å². The maximum absolute atomic E-state index is 12.9. The average Bonchev–Trinajstić information content (AvgIpc) is 3.11. The van der Waals surface area contributed by atoms with E-state index < -0.39 is 6.09 Å². The first kappa shape index (κ1) is 19.6. The topological polar surface area (TPSA) is 91.3 Å². The van der Waals surface area contributed by atoms with Crippen LogP contribution in [0.2, 0.25) is 0 Å². The minimum absolute atomic E-state index is 0.225. The van der Waals surface area contributed by atoms with Gasteiger partial charge in [0.05, 0.1) is 10.2 Å². The van der Waals surface area contributed by atoms with Crippen molar-refractivity contribution in [3.05, 3.63) is 77.4 Å². The molecule has 0 spiro atoms. The number of nitrogens with one attached hydrogen (secondary N) is 2. The molecule has 1 heterocycles. The maximum atomic E-state index is 12.9. The van der Waals surface area contributed by atoms with Crippen molar-refractivity contribution in [3.63, 3.8) is 0 Å². The van der Waals surface area contributed by atoms with E-state index >= 15 is 0 Å². The van der Waals surface area contributed by atoms with E-state index in [-0.39, 0.29) is 11.0 Å². The lowest BCUT2D eigenvalue weighted by Crippen LogP contribution is -2.13. The Hall–Kier alpha value is -3.71. The summed E-state index contributed by atoms with van der Waals surface area (Å²) >= 11 is 1.19. The molecule has 1 aromatic heterocycles. The van der Waals surface area contributed by atoms with Crippen LogP contribution in [0.4, 0.5) is 15.6 Å². The first-order valence-electron chi connectivity index (χ1n) is 9.29. The van der Waals surface area contributed by atoms with E-state index in [2.05, 4.69) is 39.9 Å². The molecule has 4 rings (SSSR count). The number of carboxylic acid groups (broad SMARTS) is 1. The second kappa shape index (κ2) is 7.96. The van der Waals surface area contributed by atoms with Crippen molar-refractivity contribution in [1.82, 2.24) is 4.98 Å². The average molecular weight is 417 g/mol. The van der Waals surface area contributed by atoms with Crippen LogP contribution in [0.15, 0.2) is 60.7 Å². The van der Waals surface area contributed by atoms with Gasteiger partial charge in [-0.2, -0.15) is 0 Å². The van der Waals surface area contributed by atoms with E-state index in [9.17, 15) is 9.59 Å². The number of carbonyl (C=O) groups is 2. The lowest BCUT2D eigenvalue weighted by atomic mass is 9.98. The molecular weight excluding hydrogens is 398 g/mol. The molecular formula is C23H19N3O3S. The molecule has 2 amide bonds. The van der Waals surface area contributed by atoms with E-state index in [1.807, 2.05) is 32.0 Å². The van der Waals surface area contributed by atoms with Gasteiger partial charge in [0.15, 0.2) is 5.13 Å². The van der Waals surface area contributed by atoms with Gasteiger partial charge in [0.1, 0.15) is 0 Å². The second-order valence-electron chi connectivity index (χ2n) is 6.94. The van der Waals surface area contributed by atoms with Crippen molar-refractivity contribution in [2.75, 3.05) is 10.6 Å². The summed E-state index contributed by atoms with van der Waals surface area (Å²) in [5.41, 5.74) is 6.11. The third-order valence-corrected chi connectivity index (χ3v) is 5.68. The van der Waals surface area contributed by atoms with Gasteiger partial charge in [-0.05, 0) is 66.4 Å². The first-order valence-corrected chi connectivity index (χ1v) is 10.1. The molecule has 0 saturated heterocycles. The van der Waals surface area contributed by atoms with E-state index in [4.69, 9.17) is 5.11 Å². The molecule has 6 nitrogen and oxygen atoms in total. The molecule has 0 atom stereocenters. The van der Waals surface area contributed by atoms with Crippen LogP contribution in [0.5, 0.6) is 0 Å². The third kappa shape index (κ3) is 4.01. The first-order chi connectivity index (χ1) is 14.4. The Kier molecular flexibility index (Phi) is 5.20. The Morgan fingerprint density at radius 2 is 1.60 bits per heavy atom. The van der Waals surface area contributed by atoms with Crippen LogP contribution in [-0.2, 0) is 0 Å². The van der Waals surface area contributed by atoms with Gasteiger partial charge in [-0.25, -0.2) is 9.78 Å². The Labute approximate surface area is 177 Å². The molecule has 0 unspecified atom stereocenters. The minimum atomic E-state index is -1.17. The number of hydrogen-bond acceptors (Lipinski definition) is 4. The summed E-state index contributed by atoms with van der Waals surface area (Å²) in [4.78, 5) is 27.9. The Balaban J connectivity index is 1.59. The molecule has 3 aromatic carbocycles. The zero-order valence-electron chi connectivity index (χ0n) is 16.4. The van der Waals surface area contributed by atoms with Gasteiger partial charge in [0.25, 0.3) is 5.91 Å². The van der Waals surface area contributed by atoms with E-state index in [1.165, 1.54) is 11.3 Å². The number of benzene rings is 3. The van der Waals surface area contributed by atoms with Crippen LogP contribution >= 0.6 is 11.3 Å². The van der Waals surface area contributed by atoms with Gasteiger partial charge in [-0.3, -0.25) is 10.1 Å². The Bertz CT molecular complexity index is 1240. The second-order valence-corrected chi connectivity index (χ2v) is 7.97. The molecule has 4 aromatic rings. The normalized spacial score (nSPS) is 10.7. The quantitative estimate of drug-likeness (QED) is 0.384. The Morgan fingerprint density at radius 3 is 2.27 bits per heavy atom. The smallest absolute Gasteiger partial charge is 0.410 e. The number of aromatic nitrogens is 1. The van der Waals surface area contributed by atoms with Gasteiger partial charge in [0.2, 0.25) is 0 Å². The molecule has 0 bridgehead atoms. The van der Waals surface area contributed by atoms with E-state index in [1.54, 1.807) is 18.2 Å². The number of hydrogen-bond donors (Lipinski definition) is 3. The highest BCUT2D eigenvalue weighted by molar-refractivity contribution is 7.22. The molecule has 7 heteroatoms. The van der Waals surface area contributed by atoms with Crippen molar-refractivity contribution < 1.29 is 14.7 Å². The molecule has 0 radical (unpaired) electrons. The molecule has 150 valence electrons. The number of thiazole rings is 1. The number of rotatable bonds is 4. The number of carbonyl (C=O) groups excluding carboxylic acids is 1. The maximum Gasteiger partial charge on any atom is 0.410 e. The number of anilines is 2. The van der Waals surface area contributed by atoms with Crippen LogP contribution in [-0.4, -0.2) is 22.1 Å². The van der Waals surface area contributed by atoms with Gasteiger partial charge in [0, 0.05) is 11.3 Å². The van der Waals surface area contributed by atoms with Crippen molar-refractivity contribution in [1.29, 1.82) is 0 Å². The summed E-state index contributed by atoms with van der Waals surface area (Å²) in [7, 11) is 0. The summed E-state index contributed by atoms with van der Waals surface area (Å²) in [6, 6.07) is 19.4. The molecule has 0 aliphatic heterocycles. The highest BCUT2D eigenvalue weighted by Crippen LogP contribution is 2.30. The summed E-state index contributed by atoms with van der Waals surface area (Å²) in [5.74, 6) is -0.225. The van der Waals surface area contributed by atoms with Gasteiger partial charge < -0.3 is 10.4 Å². The van der Waals surface area contributed by atoms with Crippen molar-refractivity contribution in [2.24, 2.45) is 0 Å². The van der Waals surface area contributed by atoms with Gasteiger partial charge in [-0.1, -0.05) is 41.7 Å². The summed E-state index contributed by atoms with van der Waals surface area (Å²) in [6.45, 7) is 3.95. The highest BCUT2D eigenvalue weighted by Gasteiger charge is 2.14. The fourth-order valence-corrected chi connectivity index (χ4v) is 4.25. The monoisotopic (exact) mass is 417 g/mol. The van der Waals surface area contributed by atoms with Crippen LogP contribution in [0.1, 0.15) is 21.5 Å². The fraction of sp³-hybridized carbons (Fsp3) is 0.0870. The fourth-order valence-electron chi connectivity index (χ4n) is 3.35. The standard InChI is InChI=1S/C23H19N3O3S/c1-13-10-17(15-6-4-3-5-7-15)11-14(2)20(13)25-21(27)16-8-9-18-19(12-16)30-22(24-18)26-23(28)29/h3-12H,1-2H3,(H,24,26)(H,25,27)(H,28,29). The van der Waals surface area contributed by atoms with Crippen LogP contribution < -0.4 is 10.6 Å². The summed E-state index contributed by atoms with van der Waals surface area (Å²) < 4.78 is 0.735. The van der Waals surface area contributed by atoms with Crippen molar-refractivity contribution in [3.8, 4) is 11.1 Å². The van der Waals surface area contributed by atoms with Crippen LogP contribution in [0, 0.1) is 13.8 Å². The highest BCUT2D eigenvalue weighted by atomic mass is 32.1. The van der Waals surface area contributed by atoms with Crippen LogP contribution in [0.3, 0.4) is 0 Å². The molecule has 0 fully saturated rings. The number of fused-ring (bicyclic) bond motifs is 1. The lowest BCUT2D eigenvalue weighted by Gasteiger charge is -2.14. The third-order valence-electron chi connectivity index (χ3n) is 4.74. The Morgan fingerprint density at radius 1 is 0.900 bits per heavy atom. The van der Waals surface area contributed by atoms with E-state index in [0.717, 1.165) is 32.6 Å². The van der Waals surface area contributed by atoms with Gasteiger partial charge in [-0.15, -0.1) is 0 Å². The molecule has 0 aliphatic carbocycles. The molecule has 30 heavy (non-hydrogen) atoms. The zero-order chi connectivity index (χ0) is 21.3. The predicted molar refractivity (Wildman–Crippen MR) is 121 cm³/mol. The number of aryl methyl sites for hydroxylation is 2. The minimum Gasteiger partial charge on any atom is -0.465 e. The van der Waals surface area contributed by atoms with Gasteiger partial charge >= 0.3 is 6.09 Å². The van der Waals surface area contributed by atoms with E-state index in [0.29, 0.717) is 11.1 Å². The number of nitrogens with zero attached hydrogens (tertiary/aromatic N) is 1. The SMILES string of the molecule is Cc1cc(-c2ccccc2)cc(C)c1NC(=O)c1ccc2nc(NC(=O)O)sc2c1. The largest absolute Gasteiger partial charge is 0.465 e. The van der Waals surface area contributed by atoms with Crippen molar-refractivity contribution in [2.45, 2.75) is 13.8 Å². The number of amides is 2. The lowest BCUT2D eigenvalue weighted by molar-refractivity contribution is 0.102. The molecule has 3 N–H and O–H groups in total. The molecule has 0 saturated carbocycles. The summed E-state index contributed by atoms with van der Waals surface area (Å²) in [6.07, 6.45) is -1.17. The molecule has 0 aliphatic rings. The zero-order valence-corrected chi connectivity index (χ0v) is 17.2. The van der Waals surface area contributed by atoms with Crippen molar-refractivity contribution >= 4 is 44.4 Å². The predicted octanol–water partition coefficient (Wildman–Crippen LogP) is 5.92.